The van der Waals surface area contributed by atoms with Gasteiger partial charge in [-0.2, -0.15) is 5.10 Å². The summed E-state index contributed by atoms with van der Waals surface area (Å²) in [5, 5.41) is 6.72. The van der Waals surface area contributed by atoms with Crippen molar-refractivity contribution in [2.75, 3.05) is 0 Å². The van der Waals surface area contributed by atoms with Crippen molar-refractivity contribution in [3.05, 3.63) is 30.2 Å². The fourth-order valence-corrected chi connectivity index (χ4v) is 1.10. The lowest BCUT2D eigenvalue weighted by Gasteiger charge is -1.94. The van der Waals surface area contributed by atoms with E-state index in [0.717, 1.165) is 17.0 Å². The highest BCUT2D eigenvalue weighted by atomic mass is 16.3. The molecule has 0 saturated carbocycles. The van der Waals surface area contributed by atoms with Crippen LogP contribution < -0.4 is 5.73 Å². The molecular formula is C8H9N3O. The van der Waals surface area contributed by atoms with Gasteiger partial charge in [-0.1, -0.05) is 0 Å². The van der Waals surface area contributed by atoms with Crippen molar-refractivity contribution in [1.29, 1.82) is 0 Å². The monoisotopic (exact) mass is 163 g/mol. The minimum Gasteiger partial charge on any atom is -0.463 e. The fraction of sp³-hybridized carbons (Fsp3) is 0.125. The number of aromatic nitrogens is 2. The van der Waals surface area contributed by atoms with E-state index in [4.69, 9.17) is 10.2 Å². The molecule has 0 unspecified atom stereocenters. The van der Waals surface area contributed by atoms with Gasteiger partial charge in [0.25, 0.3) is 0 Å². The number of hydrogen-bond acceptors (Lipinski definition) is 3. The Morgan fingerprint density at radius 3 is 3.17 bits per heavy atom. The summed E-state index contributed by atoms with van der Waals surface area (Å²) >= 11 is 0. The first-order valence-electron chi connectivity index (χ1n) is 3.68. The maximum atomic E-state index is 5.50. The predicted octanol–water partition coefficient (Wildman–Crippen LogP) is 1.13. The lowest BCUT2D eigenvalue weighted by atomic mass is 10.2. The second kappa shape index (κ2) is 2.83. The number of aromatic amines is 1. The number of nitrogens with two attached hydrogens (primary N) is 1. The zero-order chi connectivity index (χ0) is 8.39. The van der Waals surface area contributed by atoms with Crippen molar-refractivity contribution >= 4 is 0 Å². The van der Waals surface area contributed by atoms with Gasteiger partial charge in [0.2, 0.25) is 0 Å². The van der Waals surface area contributed by atoms with Crippen LogP contribution in [0.2, 0.25) is 0 Å². The van der Waals surface area contributed by atoms with E-state index >= 15 is 0 Å². The summed E-state index contributed by atoms with van der Waals surface area (Å²) < 4.78 is 5.19. The maximum Gasteiger partial charge on any atom is 0.151 e. The first-order chi connectivity index (χ1) is 5.92. The van der Waals surface area contributed by atoms with Gasteiger partial charge in [0.15, 0.2) is 5.76 Å². The van der Waals surface area contributed by atoms with Crippen LogP contribution >= 0.6 is 0 Å². The second-order valence-electron chi connectivity index (χ2n) is 2.45. The number of furan rings is 1. The Hall–Kier alpha value is -1.55. The van der Waals surface area contributed by atoms with Gasteiger partial charge in [-0.15, -0.1) is 0 Å². The Morgan fingerprint density at radius 2 is 2.50 bits per heavy atom. The Morgan fingerprint density at radius 1 is 1.58 bits per heavy atom. The van der Waals surface area contributed by atoms with Crippen LogP contribution in [0.4, 0.5) is 0 Å². The molecule has 0 saturated heterocycles. The molecule has 0 radical (unpaired) electrons. The number of nitrogens with one attached hydrogen (secondary N) is 1. The van der Waals surface area contributed by atoms with Gasteiger partial charge < -0.3 is 10.2 Å². The number of rotatable bonds is 2. The quantitative estimate of drug-likeness (QED) is 0.697. The molecule has 0 amide bonds. The van der Waals surface area contributed by atoms with E-state index in [9.17, 15) is 0 Å². The lowest BCUT2D eigenvalue weighted by molar-refractivity contribution is 0.579. The van der Waals surface area contributed by atoms with Crippen LogP contribution in [0.1, 0.15) is 5.56 Å². The Labute approximate surface area is 69.4 Å². The van der Waals surface area contributed by atoms with Crippen LogP contribution in [-0.4, -0.2) is 10.2 Å². The van der Waals surface area contributed by atoms with Gasteiger partial charge in [-0.3, -0.25) is 5.10 Å². The summed E-state index contributed by atoms with van der Waals surface area (Å²) in [5.74, 6) is 0.771. The van der Waals surface area contributed by atoms with Crippen molar-refractivity contribution in [2.45, 2.75) is 6.54 Å². The largest absolute Gasteiger partial charge is 0.463 e. The van der Waals surface area contributed by atoms with E-state index in [1.807, 2.05) is 12.1 Å². The predicted molar refractivity (Wildman–Crippen MR) is 44.2 cm³/mol. The molecule has 0 atom stereocenters. The van der Waals surface area contributed by atoms with Crippen molar-refractivity contribution in [3.63, 3.8) is 0 Å². The summed E-state index contributed by atoms with van der Waals surface area (Å²) in [4.78, 5) is 0. The van der Waals surface area contributed by atoms with Crippen molar-refractivity contribution in [2.24, 2.45) is 5.73 Å². The van der Waals surface area contributed by atoms with Gasteiger partial charge in [-0.05, 0) is 12.1 Å². The van der Waals surface area contributed by atoms with E-state index in [1.165, 1.54) is 0 Å². The normalized spacial score (nSPS) is 10.4. The van der Waals surface area contributed by atoms with E-state index in [-0.39, 0.29) is 0 Å². The first-order valence-corrected chi connectivity index (χ1v) is 3.68. The minimum absolute atomic E-state index is 0.465. The van der Waals surface area contributed by atoms with E-state index in [2.05, 4.69) is 10.2 Å². The molecule has 0 spiro atoms. The Bertz CT molecular complexity index is 350. The van der Waals surface area contributed by atoms with E-state index in [1.54, 1.807) is 12.5 Å². The molecule has 0 aliphatic heterocycles. The molecule has 0 aliphatic rings. The average Bonchev–Trinajstić information content (AvgIpc) is 2.74. The summed E-state index contributed by atoms with van der Waals surface area (Å²) in [6, 6.07) is 3.70. The minimum atomic E-state index is 0.465. The summed E-state index contributed by atoms with van der Waals surface area (Å²) in [6.07, 6.45) is 3.33. The molecule has 2 aromatic rings. The standard InChI is InChI=1S/C8H9N3O/c9-4-6-5-10-11-8(6)7-2-1-3-12-7/h1-3,5H,4,9H2,(H,10,11). The Kier molecular flexibility index (Phi) is 1.68. The van der Waals surface area contributed by atoms with Crippen LogP contribution in [0.5, 0.6) is 0 Å². The van der Waals surface area contributed by atoms with E-state index in [0.29, 0.717) is 6.54 Å². The topological polar surface area (TPSA) is 67.8 Å². The van der Waals surface area contributed by atoms with Gasteiger partial charge in [-0.25, -0.2) is 0 Å². The zero-order valence-electron chi connectivity index (χ0n) is 6.45. The van der Waals surface area contributed by atoms with Crippen LogP contribution in [0.3, 0.4) is 0 Å². The first kappa shape index (κ1) is 7.12. The van der Waals surface area contributed by atoms with Gasteiger partial charge in [0, 0.05) is 12.1 Å². The van der Waals surface area contributed by atoms with E-state index < -0.39 is 0 Å². The molecule has 2 heterocycles. The summed E-state index contributed by atoms with van der Waals surface area (Å²) in [6.45, 7) is 0.465. The molecule has 0 aliphatic carbocycles. The number of H-pyrrole nitrogens is 1. The van der Waals surface area contributed by atoms with Crippen molar-refractivity contribution < 1.29 is 4.42 Å². The summed E-state index contributed by atoms with van der Waals surface area (Å²) in [7, 11) is 0. The molecule has 0 fully saturated rings. The highest BCUT2D eigenvalue weighted by molar-refractivity contribution is 5.55. The van der Waals surface area contributed by atoms with Crippen LogP contribution in [0.15, 0.2) is 29.0 Å². The molecule has 2 rings (SSSR count). The van der Waals surface area contributed by atoms with Gasteiger partial charge in [0.05, 0.1) is 12.5 Å². The number of nitrogens with zero attached hydrogens (tertiary/aromatic N) is 1. The van der Waals surface area contributed by atoms with Crippen molar-refractivity contribution in [3.8, 4) is 11.5 Å². The molecule has 0 bridgehead atoms. The third-order valence-corrected chi connectivity index (χ3v) is 1.71. The zero-order valence-corrected chi connectivity index (χ0v) is 6.45. The Balaban J connectivity index is 2.46. The van der Waals surface area contributed by atoms with Crippen LogP contribution in [-0.2, 0) is 6.54 Å². The third kappa shape index (κ3) is 1.02. The third-order valence-electron chi connectivity index (χ3n) is 1.71. The molecule has 12 heavy (non-hydrogen) atoms. The smallest absolute Gasteiger partial charge is 0.151 e. The molecule has 4 heteroatoms. The average molecular weight is 163 g/mol. The van der Waals surface area contributed by atoms with Crippen LogP contribution in [0, 0.1) is 0 Å². The molecular weight excluding hydrogens is 154 g/mol. The maximum absolute atomic E-state index is 5.50. The second-order valence-corrected chi connectivity index (χ2v) is 2.45. The molecule has 62 valence electrons. The van der Waals surface area contributed by atoms with Crippen molar-refractivity contribution in [1.82, 2.24) is 10.2 Å². The summed E-state index contributed by atoms with van der Waals surface area (Å²) in [5.41, 5.74) is 7.33. The molecule has 4 nitrogen and oxygen atoms in total. The van der Waals surface area contributed by atoms with Crippen LogP contribution in [0.25, 0.3) is 11.5 Å². The molecule has 0 aromatic carbocycles. The number of hydrogen-bond donors (Lipinski definition) is 2. The fourth-order valence-electron chi connectivity index (χ4n) is 1.10. The SMILES string of the molecule is NCc1cn[nH]c1-c1ccco1. The highest BCUT2D eigenvalue weighted by Gasteiger charge is 2.07. The highest BCUT2D eigenvalue weighted by Crippen LogP contribution is 2.20. The lowest BCUT2D eigenvalue weighted by Crippen LogP contribution is -1.95. The van der Waals surface area contributed by atoms with Gasteiger partial charge >= 0.3 is 0 Å². The van der Waals surface area contributed by atoms with Gasteiger partial charge in [0.1, 0.15) is 5.69 Å². The molecule has 3 N–H and O–H groups in total. The molecule has 2 aromatic heterocycles.